The minimum atomic E-state index is -0.460. The van der Waals surface area contributed by atoms with E-state index in [9.17, 15) is 10.2 Å². The van der Waals surface area contributed by atoms with Gasteiger partial charge in [0.2, 0.25) is 0 Å². The molecule has 1 aromatic rings. The van der Waals surface area contributed by atoms with E-state index < -0.39 is 5.41 Å². The first-order valence-electron chi connectivity index (χ1n) is 7.05. The fourth-order valence-electron chi connectivity index (χ4n) is 2.28. The van der Waals surface area contributed by atoms with E-state index in [-0.39, 0.29) is 13.2 Å². The first-order chi connectivity index (χ1) is 9.47. The van der Waals surface area contributed by atoms with Crippen LogP contribution in [0.25, 0.3) is 0 Å². The summed E-state index contributed by atoms with van der Waals surface area (Å²) in [4.78, 5) is 9.03. The molecular formula is C14H25N3O2S. The number of nitrogens with zero attached hydrogens (tertiary/aromatic N) is 3. The zero-order valence-corrected chi connectivity index (χ0v) is 13.4. The molecule has 1 fully saturated rings. The fourth-order valence-corrected chi connectivity index (χ4v) is 3.14. The molecule has 20 heavy (non-hydrogen) atoms. The monoisotopic (exact) mass is 299 g/mol. The van der Waals surface area contributed by atoms with Crippen molar-refractivity contribution in [2.24, 2.45) is 5.41 Å². The van der Waals surface area contributed by atoms with Gasteiger partial charge < -0.3 is 15.1 Å². The van der Waals surface area contributed by atoms with Gasteiger partial charge in [0.15, 0.2) is 5.13 Å². The van der Waals surface area contributed by atoms with Gasteiger partial charge in [0.05, 0.1) is 18.9 Å². The number of aliphatic hydroxyl groups is 2. The maximum absolute atomic E-state index is 9.34. The predicted octanol–water partition coefficient (Wildman–Crippen LogP) is 1.16. The van der Waals surface area contributed by atoms with Gasteiger partial charge >= 0.3 is 0 Å². The number of aromatic nitrogens is 1. The van der Waals surface area contributed by atoms with Crippen LogP contribution in [0.4, 0.5) is 5.13 Å². The Morgan fingerprint density at radius 2 is 2.00 bits per heavy atom. The standard InChI is InChI=1S/C14H25N3O2S/c1-14(9-18,10-19)8-16(2)6-11-7-20-13(15-11)17(3)12-4-5-12/h7,12,18-19H,4-6,8-10H2,1-3H3. The smallest absolute Gasteiger partial charge is 0.185 e. The molecule has 0 bridgehead atoms. The zero-order chi connectivity index (χ0) is 14.8. The van der Waals surface area contributed by atoms with Crippen molar-refractivity contribution in [2.45, 2.75) is 32.4 Å². The van der Waals surface area contributed by atoms with Crippen molar-refractivity contribution in [3.05, 3.63) is 11.1 Å². The fraction of sp³-hybridized carbons (Fsp3) is 0.786. The lowest BCUT2D eigenvalue weighted by atomic mass is 9.92. The van der Waals surface area contributed by atoms with Crippen LogP contribution in [0.15, 0.2) is 5.38 Å². The van der Waals surface area contributed by atoms with Crippen molar-refractivity contribution in [3.8, 4) is 0 Å². The lowest BCUT2D eigenvalue weighted by Crippen LogP contribution is -2.38. The third kappa shape index (κ3) is 3.91. The molecule has 6 heteroatoms. The first-order valence-corrected chi connectivity index (χ1v) is 7.93. The van der Waals surface area contributed by atoms with Crippen LogP contribution in [-0.2, 0) is 6.54 Å². The van der Waals surface area contributed by atoms with Gasteiger partial charge in [0.1, 0.15) is 0 Å². The van der Waals surface area contributed by atoms with Gasteiger partial charge in [0, 0.05) is 37.0 Å². The second-order valence-corrected chi connectivity index (χ2v) is 7.10. The van der Waals surface area contributed by atoms with Crippen molar-refractivity contribution >= 4 is 16.5 Å². The molecule has 1 aliphatic rings. The molecule has 1 heterocycles. The molecular weight excluding hydrogens is 274 g/mol. The first kappa shape index (κ1) is 15.7. The SMILES string of the molecule is CN(Cc1csc(N(C)C2CC2)n1)CC(C)(CO)CO. The van der Waals surface area contributed by atoms with E-state index in [2.05, 4.69) is 27.2 Å². The molecule has 0 atom stereocenters. The third-order valence-corrected chi connectivity index (χ3v) is 4.76. The summed E-state index contributed by atoms with van der Waals surface area (Å²) in [6.07, 6.45) is 2.55. The van der Waals surface area contributed by atoms with Gasteiger partial charge in [-0.3, -0.25) is 4.90 Å². The summed E-state index contributed by atoms with van der Waals surface area (Å²) in [5, 5.41) is 21.9. The van der Waals surface area contributed by atoms with Crippen molar-refractivity contribution in [2.75, 3.05) is 38.8 Å². The molecule has 2 rings (SSSR count). The van der Waals surface area contributed by atoms with E-state index in [4.69, 9.17) is 0 Å². The molecule has 1 aromatic heterocycles. The molecule has 1 saturated carbocycles. The van der Waals surface area contributed by atoms with Crippen LogP contribution in [0.2, 0.25) is 0 Å². The van der Waals surface area contributed by atoms with Gasteiger partial charge in [-0.05, 0) is 19.9 Å². The minimum Gasteiger partial charge on any atom is -0.396 e. The van der Waals surface area contributed by atoms with E-state index in [0.29, 0.717) is 12.6 Å². The Morgan fingerprint density at radius 1 is 1.35 bits per heavy atom. The Hall–Kier alpha value is -0.690. The van der Waals surface area contributed by atoms with Gasteiger partial charge in [-0.2, -0.15) is 0 Å². The predicted molar refractivity (Wildman–Crippen MR) is 82.2 cm³/mol. The van der Waals surface area contributed by atoms with Gasteiger partial charge in [-0.25, -0.2) is 4.98 Å². The summed E-state index contributed by atoms with van der Waals surface area (Å²) in [5.41, 5.74) is 0.594. The second-order valence-electron chi connectivity index (χ2n) is 6.26. The zero-order valence-electron chi connectivity index (χ0n) is 12.5. The average molecular weight is 299 g/mol. The van der Waals surface area contributed by atoms with Crippen LogP contribution >= 0.6 is 11.3 Å². The Morgan fingerprint density at radius 3 is 2.55 bits per heavy atom. The molecule has 0 radical (unpaired) electrons. The highest BCUT2D eigenvalue weighted by Crippen LogP contribution is 2.32. The van der Waals surface area contributed by atoms with Crippen LogP contribution in [-0.4, -0.2) is 60.0 Å². The number of aliphatic hydroxyl groups excluding tert-OH is 2. The average Bonchev–Trinajstić information content (AvgIpc) is 3.18. The lowest BCUT2D eigenvalue weighted by Gasteiger charge is -2.29. The maximum atomic E-state index is 9.34. The topological polar surface area (TPSA) is 59.8 Å². The summed E-state index contributed by atoms with van der Waals surface area (Å²) in [6, 6.07) is 0.679. The van der Waals surface area contributed by atoms with Gasteiger partial charge in [0.25, 0.3) is 0 Å². The number of hydrogen-bond donors (Lipinski definition) is 2. The summed E-state index contributed by atoms with van der Waals surface area (Å²) >= 11 is 1.69. The molecule has 0 amide bonds. The minimum absolute atomic E-state index is 0.0133. The van der Waals surface area contributed by atoms with Crippen molar-refractivity contribution in [3.63, 3.8) is 0 Å². The normalized spacial score (nSPS) is 15.9. The number of rotatable bonds is 8. The maximum Gasteiger partial charge on any atom is 0.185 e. The van der Waals surface area contributed by atoms with Crippen LogP contribution in [0.5, 0.6) is 0 Å². The number of hydrogen-bond acceptors (Lipinski definition) is 6. The van der Waals surface area contributed by atoms with Crippen molar-refractivity contribution in [1.82, 2.24) is 9.88 Å². The lowest BCUT2D eigenvalue weighted by molar-refractivity contribution is 0.0399. The van der Waals surface area contributed by atoms with Gasteiger partial charge in [-0.15, -0.1) is 11.3 Å². The Bertz CT molecular complexity index is 430. The molecule has 0 spiro atoms. The van der Waals surface area contributed by atoms with E-state index in [1.165, 1.54) is 12.8 Å². The molecule has 5 nitrogen and oxygen atoms in total. The van der Waals surface area contributed by atoms with Crippen LogP contribution in [0.1, 0.15) is 25.5 Å². The highest BCUT2D eigenvalue weighted by Gasteiger charge is 2.28. The molecule has 1 aliphatic carbocycles. The molecule has 2 N–H and O–H groups in total. The summed E-state index contributed by atoms with van der Waals surface area (Å²) in [6.45, 7) is 3.24. The molecule has 0 aromatic carbocycles. The Labute approximate surface area is 124 Å². The Balaban J connectivity index is 1.89. The van der Waals surface area contributed by atoms with Crippen LogP contribution < -0.4 is 4.90 Å². The van der Waals surface area contributed by atoms with Crippen molar-refractivity contribution < 1.29 is 10.2 Å². The molecule has 114 valence electrons. The summed E-state index contributed by atoms with van der Waals surface area (Å²) in [5.74, 6) is 0. The second kappa shape index (κ2) is 6.39. The third-order valence-electron chi connectivity index (χ3n) is 3.78. The molecule has 0 unspecified atom stereocenters. The largest absolute Gasteiger partial charge is 0.396 e. The van der Waals surface area contributed by atoms with E-state index in [0.717, 1.165) is 17.4 Å². The van der Waals surface area contributed by atoms with Crippen molar-refractivity contribution in [1.29, 1.82) is 0 Å². The van der Waals surface area contributed by atoms with Crippen LogP contribution in [0.3, 0.4) is 0 Å². The summed E-state index contributed by atoms with van der Waals surface area (Å²) < 4.78 is 0. The van der Waals surface area contributed by atoms with E-state index in [1.54, 1.807) is 11.3 Å². The quantitative estimate of drug-likeness (QED) is 0.754. The number of thiazole rings is 1. The van der Waals surface area contributed by atoms with Crippen LogP contribution in [0, 0.1) is 5.41 Å². The highest BCUT2D eigenvalue weighted by molar-refractivity contribution is 7.13. The van der Waals surface area contributed by atoms with Gasteiger partial charge in [-0.1, -0.05) is 6.92 Å². The van der Waals surface area contributed by atoms with E-state index >= 15 is 0 Å². The number of anilines is 1. The Kier molecular flexibility index (Phi) is 5.01. The molecule has 0 aliphatic heterocycles. The molecule has 0 saturated heterocycles. The highest BCUT2D eigenvalue weighted by atomic mass is 32.1. The van der Waals surface area contributed by atoms with E-state index in [1.807, 2.05) is 14.0 Å². The summed E-state index contributed by atoms with van der Waals surface area (Å²) in [7, 11) is 4.10.